The first-order chi connectivity index (χ1) is 14.6. The van der Waals surface area contributed by atoms with E-state index in [1.807, 2.05) is 35.4 Å². The number of aliphatic imine (C=N–C) groups is 1. The van der Waals surface area contributed by atoms with Crippen LogP contribution in [-0.2, 0) is 4.79 Å². The van der Waals surface area contributed by atoms with Crippen LogP contribution in [0.5, 0.6) is 0 Å². The van der Waals surface area contributed by atoms with E-state index in [-0.39, 0.29) is 11.9 Å². The van der Waals surface area contributed by atoms with Crippen LogP contribution in [0, 0.1) is 6.08 Å². The van der Waals surface area contributed by atoms with E-state index < -0.39 is 6.08 Å². The van der Waals surface area contributed by atoms with Gasteiger partial charge in [0.2, 0.25) is 5.91 Å². The lowest BCUT2D eigenvalue weighted by atomic mass is 10.1. The van der Waals surface area contributed by atoms with Gasteiger partial charge in [0.15, 0.2) is 18.3 Å². The molecular weight excluding hydrogens is 389 g/mol. The van der Waals surface area contributed by atoms with Crippen LogP contribution >= 0.6 is 0 Å². The van der Waals surface area contributed by atoms with Crippen molar-refractivity contribution < 1.29 is 9.18 Å². The van der Waals surface area contributed by atoms with Gasteiger partial charge in [0.05, 0.1) is 24.1 Å². The SMILES string of the molecule is CC(=O)N1CCCC1c1cn(N2CN=C3c4ccccc4-n4c(cnc4F)N32)nn1. The number of para-hydroxylation sites is 1. The molecule has 1 atom stereocenters. The molecule has 3 aromatic rings. The number of likely N-dealkylation sites (tertiary alicyclic amines) is 1. The highest BCUT2D eigenvalue weighted by Gasteiger charge is 2.39. The largest absolute Gasteiger partial charge is 0.334 e. The summed E-state index contributed by atoms with van der Waals surface area (Å²) in [4.78, 5) is 23.9. The molecule has 0 radical (unpaired) electrons. The van der Waals surface area contributed by atoms with Crippen LogP contribution in [0.25, 0.3) is 5.69 Å². The molecule has 5 heterocycles. The Kier molecular flexibility index (Phi) is 3.49. The second-order valence-electron chi connectivity index (χ2n) is 7.48. The van der Waals surface area contributed by atoms with Crippen LogP contribution in [0.15, 0.2) is 41.7 Å². The summed E-state index contributed by atoms with van der Waals surface area (Å²) in [6.07, 6.45) is 4.49. The molecule has 0 aliphatic carbocycles. The number of imidazole rings is 1. The molecule has 1 amide bonds. The minimum absolute atomic E-state index is 0.0332. The third-order valence-corrected chi connectivity index (χ3v) is 5.82. The van der Waals surface area contributed by atoms with Gasteiger partial charge >= 0.3 is 0 Å². The first-order valence-electron chi connectivity index (χ1n) is 9.78. The number of amides is 1. The molecule has 2 aromatic heterocycles. The number of nitrogens with zero attached hydrogens (tertiary/aromatic N) is 9. The molecule has 0 saturated carbocycles. The lowest BCUT2D eigenvalue weighted by molar-refractivity contribution is -0.129. The maximum absolute atomic E-state index is 14.5. The predicted molar refractivity (Wildman–Crippen MR) is 105 cm³/mol. The number of rotatable bonds is 2. The summed E-state index contributed by atoms with van der Waals surface area (Å²) in [6, 6.07) is 7.42. The summed E-state index contributed by atoms with van der Waals surface area (Å²) in [5, 5.41) is 12.2. The zero-order chi connectivity index (χ0) is 20.4. The first kappa shape index (κ1) is 17.1. The first-order valence-corrected chi connectivity index (χ1v) is 9.78. The molecule has 0 spiro atoms. The Labute approximate surface area is 170 Å². The maximum atomic E-state index is 14.5. The van der Waals surface area contributed by atoms with E-state index in [1.165, 1.54) is 10.8 Å². The molecule has 0 N–H and O–H groups in total. The number of hydrazine groups is 1. The van der Waals surface area contributed by atoms with Gasteiger partial charge in [0, 0.05) is 19.0 Å². The highest BCUT2D eigenvalue weighted by atomic mass is 19.1. The van der Waals surface area contributed by atoms with Crippen LogP contribution in [0.3, 0.4) is 0 Å². The molecular formula is C19H18FN9O. The fourth-order valence-electron chi connectivity index (χ4n) is 4.49. The third kappa shape index (κ3) is 2.25. The Morgan fingerprint density at radius 1 is 1.27 bits per heavy atom. The third-order valence-electron chi connectivity index (χ3n) is 5.82. The Morgan fingerprint density at radius 3 is 3.00 bits per heavy atom. The Balaban J connectivity index is 1.39. The predicted octanol–water partition coefficient (Wildman–Crippen LogP) is 1.38. The smallest absolute Gasteiger partial charge is 0.295 e. The number of hydrogen-bond donors (Lipinski definition) is 0. The second-order valence-corrected chi connectivity index (χ2v) is 7.48. The highest BCUT2D eigenvalue weighted by molar-refractivity contribution is 6.15. The van der Waals surface area contributed by atoms with Gasteiger partial charge in [0.1, 0.15) is 5.69 Å². The van der Waals surface area contributed by atoms with Crippen molar-refractivity contribution in [3.63, 3.8) is 0 Å². The summed E-state index contributed by atoms with van der Waals surface area (Å²) in [5.41, 5.74) is 2.23. The highest BCUT2D eigenvalue weighted by Crippen LogP contribution is 2.35. The molecule has 10 nitrogen and oxygen atoms in total. The molecule has 0 bridgehead atoms. The maximum Gasteiger partial charge on any atom is 0.295 e. The van der Waals surface area contributed by atoms with E-state index in [9.17, 15) is 9.18 Å². The zero-order valence-electron chi connectivity index (χ0n) is 16.2. The van der Waals surface area contributed by atoms with Crippen LogP contribution in [0.2, 0.25) is 0 Å². The number of carbonyl (C=O) groups is 1. The van der Waals surface area contributed by atoms with Crippen molar-refractivity contribution in [2.75, 3.05) is 23.3 Å². The van der Waals surface area contributed by atoms with Gasteiger partial charge in [-0.25, -0.2) is 9.98 Å². The van der Waals surface area contributed by atoms with E-state index >= 15 is 0 Å². The molecule has 1 saturated heterocycles. The van der Waals surface area contributed by atoms with E-state index in [4.69, 9.17) is 0 Å². The van der Waals surface area contributed by atoms with Crippen LogP contribution < -0.4 is 10.1 Å². The lowest BCUT2D eigenvalue weighted by Crippen LogP contribution is -2.51. The van der Waals surface area contributed by atoms with E-state index in [0.717, 1.165) is 30.6 Å². The Morgan fingerprint density at radius 2 is 2.13 bits per heavy atom. The number of amidine groups is 1. The standard InChI is InChI=1S/C19H18FN9O/c1-12(30)25-8-4-7-16(25)14-10-26(24-23-14)27-11-22-18-13-5-2-3-6-15(13)28-17(29(18)27)9-21-19(28)20/h2-3,5-6,9-10,16H,4,7-8,11H2,1H3. The number of benzene rings is 1. The van der Waals surface area contributed by atoms with Crippen molar-refractivity contribution >= 4 is 17.6 Å². The Hall–Kier alpha value is -3.76. The number of halogens is 1. The number of anilines is 1. The van der Waals surface area contributed by atoms with E-state index in [0.29, 0.717) is 24.0 Å². The molecule has 11 heteroatoms. The molecule has 3 aliphatic heterocycles. The van der Waals surface area contributed by atoms with Gasteiger partial charge in [-0.05, 0) is 30.2 Å². The molecule has 1 unspecified atom stereocenters. The van der Waals surface area contributed by atoms with Crippen LogP contribution in [0.1, 0.15) is 37.1 Å². The topological polar surface area (TPSA) is 87.7 Å². The minimum Gasteiger partial charge on any atom is -0.334 e. The van der Waals surface area contributed by atoms with Gasteiger partial charge in [-0.2, -0.15) is 14.5 Å². The minimum atomic E-state index is -0.592. The summed E-state index contributed by atoms with van der Waals surface area (Å²) in [5.74, 6) is 1.26. The lowest BCUT2D eigenvalue weighted by Gasteiger charge is -2.34. The normalized spacial score (nSPS) is 19.6. The monoisotopic (exact) mass is 407 g/mol. The molecule has 6 rings (SSSR count). The van der Waals surface area contributed by atoms with Gasteiger partial charge in [0.25, 0.3) is 6.08 Å². The van der Waals surface area contributed by atoms with Crippen LogP contribution in [0.4, 0.5) is 10.2 Å². The van der Waals surface area contributed by atoms with E-state index in [2.05, 4.69) is 20.3 Å². The summed E-state index contributed by atoms with van der Waals surface area (Å²) < 4.78 is 16.0. The molecule has 152 valence electrons. The van der Waals surface area contributed by atoms with Crippen molar-refractivity contribution in [3.8, 4) is 5.69 Å². The number of aromatic nitrogens is 5. The summed E-state index contributed by atoms with van der Waals surface area (Å²) in [6.45, 7) is 2.59. The second kappa shape index (κ2) is 6.12. The number of hydrogen-bond acceptors (Lipinski definition) is 7. The zero-order valence-corrected chi connectivity index (χ0v) is 16.2. The summed E-state index contributed by atoms with van der Waals surface area (Å²) >= 11 is 0. The Bertz CT molecular complexity index is 1200. The van der Waals surface area contributed by atoms with Gasteiger partial charge < -0.3 is 4.90 Å². The number of fused-ring (bicyclic) bond motifs is 6. The molecule has 30 heavy (non-hydrogen) atoms. The van der Waals surface area contributed by atoms with Crippen LogP contribution in [-0.4, -0.2) is 54.5 Å². The summed E-state index contributed by atoms with van der Waals surface area (Å²) in [7, 11) is 0. The molecule has 1 aromatic carbocycles. The van der Waals surface area contributed by atoms with Gasteiger partial charge in [-0.15, -0.1) is 9.89 Å². The quantitative estimate of drug-likeness (QED) is 0.638. The molecule has 1 fully saturated rings. The van der Waals surface area contributed by atoms with Crippen molar-refractivity contribution in [2.45, 2.75) is 25.8 Å². The van der Waals surface area contributed by atoms with Gasteiger partial charge in [-0.1, -0.05) is 12.1 Å². The van der Waals surface area contributed by atoms with Crippen molar-refractivity contribution in [1.82, 2.24) is 29.6 Å². The average molecular weight is 407 g/mol. The van der Waals surface area contributed by atoms with Crippen molar-refractivity contribution in [1.29, 1.82) is 0 Å². The molecule has 3 aliphatic rings. The fourth-order valence-corrected chi connectivity index (χ4v) is 4.49. The number of carbonyl (C=O) groups excluding carboxylic acids is 1. The van der Waals surface area contributed by atoms with Crippen molar-refractivity contribution in [3.05, 3.63) is 54.0 Å². The average Bonchev–Trinajstić information content (AvgIpc) is 3.52. The van der Waals surface area contributed by atoms with E-state index in [1.54, 1.807) is 21.8 Å². The van der Waals surface area contributed by atoms with Crippen molar-refractivity contribution in [2.24, 2.45) is 4.99 Å². The van der Waals surface area contributed by atoms with Gasteiger partial charge in [-0.3, -0.25) is 9.36 Å². The fraction of sp³-hybridized carbons (Fsp3) is 0.316.